The lowest BCUT2D eigenvalue weighted by atomic mass is 10.1. The van der Waals surface area contributed by atoms with Gasteiger partial charge >= 0.3 is 0 Å². The van der Waals surface area contributed by atoms with Crippen LogP contribution in [-0.2, 0) is 6.42 Å². The summed E-state index contributed by atoms with van der Waals surface area (Å²) in [7, 11) is 0. The highest BCUT2D eigenvalue weighted by molar-refractivity contribution is 5.52. The van der Waals surface area contributed by atoms with Crippen molar-refractivity contribution in [1.29, 1.82) is 0 Å². The number of aryl methyl sites for hydroxylation is 1. The predicted octanol–water partition coefficient (Wildman–Crippen LogP) is 3.63. The van der Waals surface area contributed by atoms with Crippen LogP contribution >= 0.6 is 0 Å². The van der Waals surface area contributed by atoms with Crippen molar-refractivity contribution >= 4 is 5.69 Å². The van der Waals surface area contributed by atoms with Gasteiger partial charge in [0.2, 0.25) is 0 Å². The molecule has 1 rings (SSSR count). The number of para-hydroxylation sites is 1. The van der Waals surface area contributed by atoms with E-state index in [2.05, 4.69) is 50.0 Å². The van der Waals surface area contributed by atoms with Crippen molar-refractivity contribution in [2.75, 3.05) is 5.32 Å². The van der Waals surface area contributed by atoms with Gasteiger partial charge in [0.15, 0.2) is 0 Å². The molecular weight excluding hydrogens is 170 g/mol. The maximum absolute atomic E-state index is 3.77. The van der Waals surface area contributed by atoms with E-state index < -0.39 is 0 Å². The molecule has 1 unspecified atom stereocenters. The molecule has 0 saturated carbocycles. The molecule has 1 aromatic rings. The van der Waals surface area contributed by atoms with Gasteiger partial charge in [0.25, 0.3) is 0 Å². The largest absolute Gasteiger partial charge is 0.379 e. The van der Waals surface area contributed by atoms with Crippen LogP contribution in [0.5, 0.6) is 0 Å². The van der Waals surface area contributed by atoms with Gasteiger partial charge in [-0.25, -0.2) is 0 Å². The van der Waals surface area contributed by atoms with E-state index in [9.17, 15) is 0 Å². The molecule has 0 radical (unpaired) electrons. The summed E-state index contributed by atoms with van der Waals surface area (Å²) >= 11 is 0. The van der Waals surface area contributed by atoms with Crippen molar-refractivity contribution in [3.63, 3.8) is 0 Å². The van der Waals surface area contributed by atoms with Gasteiger partial charge in [0.1, 0.15) is 0 Å². The van der Waals surface area contributed by atoms with Crippen LogP contribution in [0, 0.1) is 0 Å². The molecule has 1 nitrogen and oxygen atoms in total. The zero-order chi connectivity index (χ0) is 10.4. The monoisotopic (exact) mass is 189 g/mol. The van der Waals surface area contributed by atoms with Crippen LogP contribution in [0.3, 0.4) is 0 Å². The van der Waals surface area contributed by atoms with Gasteiger partial charge in [-0.1, -0.05) is 37.6 Å². The van der Waals surface area contributed by atoms with Crippen LogP contribution in [0.15, 0.2) is 36.9 Å². The second-order valence-corrected chi connectivity index (χ2v) is 3.58. The average Bonchev–Trinajstić information content (AvgIpc) is 2.21. The van der Waals surface area contributed by atoms with E-state index >= 15 is 0 Å². The standard InChI is InChI=1S/C13H19N/c1-4-8-12-9-6-7-10-13(12)14-11(3)5-2/h5-7,9-11,14H,2,4,8H2,1,3H3. The molecule has 1 heteroatoms. The van der Waals surface area contributed by atoms with Crippen LogP contribution in [-0.4, -0.2) is 6.04 Å². The molecule has 0 amide bonds. The lowest BCUT2D eigenvalue weighted by Crippen LogP contribution is -2.12. The minimum atomic E-state index is 0.327. The summed E-state index contributed by atoms with van der Waals surface area (Å²) in [5.41, 5.74) is 2.63. The molecule has 0 aliphatic carbocycles. The molecule has 0 aliphatic rings. The zero-order valence-corrected chi connectivity index (χ0v) is 9.09. The minimum absolute atomic E-state index is 0.327. The fourth-order valence-corrected chi connectivity index (χ4v) is 1.45. The van der Waals surface area contributed by atoms with Gasteiger partial charge in [-0.3, -0.25) is 0 Å². The van der Waals surface area contributed by atoms with E-state index in [-0.39, 0.29) is 0 Å². The van der Waals surface area contributed by atoms with E-state index in [4.69, 9.17) is 0 Å². The first kappa shape index (κ1) is 10.8. The maximum Gasteiger partial charge on any atom is 0.0413 e. The number of hydrogen-bond donors (Lipinski definition) is 1. The van der Waals surface area contributed by atoms with Gasteiger partial charge in [-0.15, -0.1) is 6.58 Å². The molecule has 1 N–H and O–H groups in total. The van der Waals surface area contributed by atoms with Crippen molar-refractivity contribution in [2.45, 2.75) is 32.7 Å². The van der Waals surface area contributed by atoms with Gasteiger partial charge in [-0.2, -0.15) is 0 Å². The molecule has 76 valence electrons. The molecule has 0 bridgehead atoms. The Hall–Kier alpha value is -1.24. The molecule has 0 aliphatic heterocycles. The Morgan fingerprint density at radius 3 is 2.79 bits per heavy atom. The summed E-state index contributed by atoms with van der Waals surface area (Å²) in [6.45, 7) is 8.08. The average molecular weight is 189 g/mol. The van der Waals surface area contributed by atoms with Crippen molar-refractivity contribution < 1.29 is 0 Å². The fourth-order valence-electron chi connectivity index (χ4n) is 1.45. The van der Waals surface area contributed by atoms with Crippen molar-refractivity contribution in [3.8, 4) is 0 Å². The third kappa shape index (κ3) is 2.91. The third-order valence-electron chi connectivity index (χ3n) is 2.27. The quantitative estimate of drug-likeness (QED) is 0.697. The smallest absolute Gasteiger partial charge is 0.0413 e. The van der Waals surface area contributed by atoms with E-state index in [1.54, 1.807) is 0 Å². The Morgan fingerprint density at radius 2 is 2.14 bits per heavy atom. The third-order valence-corrected chi connectivity index (χ3v) is 2.27. The Morgan fingerprint density at radius 1 is 1.43 bits per heavy atom. The van der Waals surface area contributed by atoms with E-state index in [1.165, 1.54) is 17.7 Å². The van der Waals surface area contributed by atoms with Gasteiger partial charge < -0.3 is 5.32 Å². The normalized spacial score (nSPS) is 12.1. The van der Waals surface area contributed by atoms with Crippen molar-refractivity contribution in [3.05, 3.63) is 42.5 Å². The minimum Gasteiger partial charge on any atom is -0.379 e. The van der Waals surface area contributed by atoms with Crippen LogP contribution in [0.2, 0.25) is 0 Å². The first-order valence-corrected chi connectivity index (χ1v) is 5.25. The number of rotatable bonds is 5. The molecule has 0 saturated heterocycles. The molecule has 0 spiro atoms. The topological polar surface area (TPSA) is 12.0 Å². The maximum atomic E-state index is 3.77. The number of hydrogen-bond acceptors (Lipinski definition) is 1. The van der Waals surface area contributed by atoms with Gasteiger partial charge in [0.05, 0.1) is 0 Å². The molecule has 0 heterocycles. The summed E-state index contributed by atoms with van der Waals surface area (Å²) in [5, 5.41) is 3.43. The van der Waals surface area contributed by atoms with Crippen LogP contribution < -0.4 is 5.32 Å². The zero-order valence-electron chi connectivity index (χ0n) is 9.09. The molecule has 0 fully saturated rings. The highest BCUT2D eigenvalue weighted by atomic mass is 14.9. The summed E-state index contributed by atoms with van der Waals surface area (Å²) in [6, 6.07) is 8.80. The highest BCUT2D eigenvalue weighted by Gasteiger charge is 2.01. The predicted molar refractivity (Wildman–Crippen MR) is 63.7 cm³/mol. The first-order valence-electron chi connectivity index (χ1n) is 5.25. The van der Waals surface area contributed by atoms with Crippen LogP contribution in [0.4, 0.5) is 5.69 Å². The molecular formula is C13H19N. The molecule has 0 aromatic heterocycles. The number of benzene rings is 1. The van der Waals surface area contributed by atoms with Crippen LogP contribution in [0.25, 0.3) is 0 Å². The van der Waals surface area contributed by atoms with Crippen molar-refractivity contribution in [1.82, 2.24) is 0 Å². The highest BCUT2D eigenvalue weighted by Crippen LogP contribution is 2.17. The summed E-state index contributed by atoms with van der Waals surface area (Å²) in [4.78, 5) is 0. The number of anilines is 1. The Balaban J connectivity index is 2.78. The Kier molecular flexibility index (Phi) is 4.24. The molecule has 1 atom stereocenters. The SMILES string of the molecule is C=CC(C)Nc1ccccc1CCC. The lowest BCUT2D eigenvalue weighted by molar-refractivity contribution is 0.912. The molecule has 14 heavy (non-hydrogen) atoms. The van der Waals surface area contributed by atoms with E-state index in [0.29, 0.717) is 6.04 Å². The Bertz CT molecular complexity index is 291. The van der Waals surface area contributed by atoms with E-state index in [1.807, 2.05) is 6.08 Å². The summed E-state index contributed by atoms with van der Waals surface area (Å²) in [6.07, 6.45) is 4.23. The fraction of sp³-hybridized carbons (Fsp3) is 0.385. The van der Waals surface area contributed by atoms with Crippen LogP contribution in [0.1, 0.15) is 25.8 Å². The lowest BCUT2D eigenvalue weighted by Gasteiger charge is -2.14. The number of nitrogens with one attached hydrogen (secondary N) is 1. The van der Waals surface area contributed by atoms with E-state index in [0.717, 1.165) is 6.42 Å². The summed E-state index contributed by atoms with van der Waals surface area (Å²) < 4.78 is 0. The Labute approximate surface area is 86.8 Å². The molecule has 1 aromatic carbocycles. The van der Waals surface area contributed by atoms with Gasteiger partial charge in [0, 0.05) is 11.7 Å². The summed E-state index contributed by atoms with van der Waals surface area (Å²) in [5.74, 6) is 0. The van der Waals surface area contributed by atoms with Crippen molar-refractivity contribution in [2.24, 2.45) is 0 Å². The second-order valence-electron chi connectivity index (χ2n) is 3.58. The first-order chi connectivity index (χ1) is 6.77. The van der Waals surface area contributed by atoms with Gasteiger partial charge in [-0.05, 0) is 25.0 Å². The second kappa shape index (κ2) is 5.48.